The highest BCUT2D eigenvalue weighted by Crippen LogP contribution is 2.01. The lowest BCUT2D eigenvalue weighted by Crippen LogP contribution is -2.10. The van der Waals surface area contributed by atoms with E-state index in [1.54, 1.807) is 6.20 Å². The highest BCUT2D eigenvalue weighted by Gasteiger charge is 2.00. The van der Waals surface area contributed by atoms with Crippen molar-refractivity contribution in [2.24, 2.45) is 4.99 Å². The SMILES string of the molecule is CC(C)OC1=NC=CC=CC1. The molecule has 0 amide bonds. The first-order chi connectivity index (χ1) is 5.29. The summed E-state index contributed by atoms with van der Waals surface area (Å²) < 4.78 is 5.42. The van der Waals surface area contributed by atoms with E-state index in [4.69, 9.17) is 4.74 Å². The lowest BCUT2D eigenvalue weighted by Gasteiger charge is -2.09. The normalized spacial score (nSPS) is 16.5. The van der Waals surface area contributed by atoms with Crippen LogP contribution >= 0.6 is 0 Å². The van der Waals surface area contributed by atoms with Gasteiger partial charge in [-0.15, -0.1) is 0 Å². The van der Waals surface area contributed by atoms with Crippen molar-refractivity contribution in [1.29, 1.82) is 0 Å². The van der Waals surface area contributed by atoms with E-state index >= 15 is 0 Å². The second-order valence-corrected chi connectivity index (χ2v) is 2.66. The van der Waals surface area contributed by atoms with Gasteiger partial charge in [0, 0.05) is 12.6 Å². The number of hydrogen-bond acceptors (Lipinski definition) is 2. The third kappa shape index (κ3) is 3.03. The molecule has 0 fully saturated rings. The molecule has 0 saturated carbocycles. The van der Waals surface area contributed by atoms with Gasteiger partial charge in [0.25, 0.3) is 0 Å². The van der Waals surface area contributed by atoms with Gasteiger partial charge in [0.2, 0.25) is 0 Å². The molecule has 1 aliphatic rings. The average molecular weight is 151 g/mol. The lowest BCUT2D eigenvalue weighted by atomic mass is 10.4. The fraction of sp³-hybridized carbons (Fsp3) is 0.444. The van der Waals surface area contributed by atoms with Crippen LogP contribution in [-0.4, -0.2) is 12.0 Å². The molecule has 1 rings (SSSR count). The molecule has 0 aromatic rings. The summed E-state index contributed by atoms with van der Waals surface area (Å²) in [4.78, 5) is 4.11. The van der Waals surface area contributed by atoms with Gasteiger partial charge < -0.3 is 4.74 Å². The van der Waals surface area contributed by atoms with E-state index in [2.05, 4.69) is 4.99 Å². The van der Waals surface area contributed by atoms with Gasteiger partial charge in [-0.1, -0.05) is 12.2 Å². The van der Waals surface area contributed by atoms with Gasteiger partial charge in [0.1, 0.15) is 0 Å². The Morgan fingerprint density at radius 1 is 1.45 bits per heavy atom. The summed E-state index contributed by atoms with van der Waals surface area (Å²) in [6.07, 6.45) is 8.67. The molecule has 0 aliphatic carbocycles. The highest BCUT2D eigenvalue weighted by molar-refractivity contribution is 5.78. The second-order valence-electron chi connectivity index (χ2n) is 2.66. The van der Waals surface area contributed by atoms with E-state index < -0.39 is 0 Å². The Morgan fingerprint density at radius 2 is 2.27 bits per heavy atom. The van der Waals surface area contributed by atoms with Crippen LogP contribution in [0.2, 0.25) is 0 Å². The van der Waals surface area contributed by atoms with E-state index in [1.165, 1.54) is 0 Å². The fourth-order valence-corrected chi connectivity index (χ4v) is 0.827. The van der Waals surface area contributed by atoms with Gasteiger partial charge in [-0.25, -0.2) is 4.99 Å². The smallest absolute Gasteiger partial charge is 0.191 e. The number of allylic oxidation sites excluding steroid dienone is 2. The zero-order chi connectivity index (χ0) is 8.10. The van der Waals surface area contributed by atoms with Gasteiger partial charge in [-0.05, 0) is 19.9 Å². The minimum atomic E-state index is 0.216. The third-order valence-corrected chi connectivity index (χ3v) is 1.22. The van der Waals surface area contributed by atoms with Gasteiger partial charge >= 0.3 is 0 Å². The number of rotatable bonds is 1. The van der Waals surface area contributed by atoms with Gasteiger partial charge in [0.05, 0.1) is 6.10 Å². The topological polar surface area (TPSA) is 21.6 Å². The molecule has 11 heavy (non-hydrogen) atoms. The van der Waals surface area contributed by atoms with Gasteiger partial charge in [-0.3, -0.25) is 0 Å². The maximum absolute atomic E-state index is 5.42. The zero-order valence-electron chi connectivity index (χ0n) is 6.95. The molecule has 2 heteroatoms. The zero-order valence-corrected chi connectivity index (χ0v) is 6.95. The van der Waals surface area contributed by atoms with Crippen LogP contribution in [0.15, 0.2) is 29.4 Å². The van der Waals surface area contributed by atoms with Crippen LogP contribution in [0.4, 0.5) is 0 Å². The quantitative estimate of drug-likeness (QED) is 0.563. The Balaban J connectivity index is 2.51. The van der Waals surface area contributed by atoms with Crippen LogP contribution in [0.5, 0.6) is 0 Å². The Morgan fingerprint density at radius 3 is 3.00 bits per heavy atom. The molecule has 0 saturated heterocycles. The molecule has 1 aliphatic heterocycles. The van der Waals surface area contributed by atoms with E-state index in [0.29, 0.717) is 0 Å². The van der Waals surface area contributed by atoms with E-state index in [0.717, 1.165) is 12.3 Å². The first-order valence-corrected chi connectivity index (χ1v) is 3.84. The highest BCUT2D eigenvalue weighted by atomic mass is 16.5. The van der Waals surface area contributed by atoms with Crippen LogP contribution in [0, 0.1) is 0 Å². The number of ether oxygens (including phenoxy) is 1. The molecule has 60 valence electrons. The Kier molecular flexibility index (Phi) is 2.90. The van der Waals surface area contributed by atoms with Crippen molar-refractivity contribution in [1.82, 2.24) is 0 Å². The maximum Gasteiger partial charge on any atom is 0.191 e. The van der Waals surface area contributed by atoms with Crippen LogP contribution in [0.1, 0.15) is 20.3 Å². The monoisotopic (exact) mass is 151 g/mol. The molecule has 0 radical (unpaired) electrons. The molecule has 0 N–H and O–H groups in total. The van der Waals surface area contributed by atoms with Crippen molar-refractivity contribution in [2.45, 2.75) is 26.4 Å². The van der Waals surface area contributed by atoms with Crippen molar-refractivity contribution >= 4 is 5.90 Å². The first kappa shape index (κ1) is 8.05. The Hall–Kier alpha value is -1.05. The predicted molar refractivity (Wildman–Crippen MR) is 46.6 cm³/mol. The molecule has 0 bridgehead atoms. The minimum Gasteiger partial charge on any atom is -0.478 e. The van der Waals surface area contributed by atoms with E-state index in [9.17, 15) is 0 Å². The standard InChI is InChI=1S/C9H13NO/c1-8(2)11-9-6-4-3-5-7-10-9/h3-5,7-8H,6H2,1-2H3. The molecule has 0 spiro atoms. The first-order valence-electron chi connectivity index (χ1n) is 3.84. The largest absolute Gasteiger partial charge is 0.478 e. The maximum atomic E-state index is 5.42. The van der Waals surface area contributed by atoms with Crippen molar-refractivity contribution < 1.29 is 4.74 Å². The summed E-state index contributed by atoms with van der Waals surface area (Å²) >= 11 is 0. The van der Waals surface area contributed by atoms with Crippen LogP contribution in [0.25, 0.3) is 0 Å². The average Bonchev–Trinajstić information content (AvgIpc) is 2.14. The van der Waals surface area contributed by atoms with Crippen molar-refractivity contribution in [3.8, 4) is 0 Å². The lowest BCUT2D eigenvalue weighted by molar-refractivity contribution is 0.224. The summed E-state index contributed by atoms with van der Waals surface area (Å²) in [6, 6.07) is 0. The van der Waals surface area contributed by atoms with Gasteiger partial charge in [0.15, 0.2) is 5.90 Å². The molecule has 1 heterocycles. The predicted octanol–water partition coefficient (Wildman–Crippen LogP) is 2.28. The molecule has 0 atom stereocenters. The summed E-state index contributed by atoms with van der Waals surface area (Å²) in [5, 5.41) is 0. The van der Waals surface area contributed by atoms with Crippen molar-refractivity contribution in [3.05, 3.63) is 24.4 Å². The van der Waals surface area contributed by atoms with E-state index in [1.807, 2.05) is 32.1 Å². The molecule has 0 aromatic carbocycles. The van der Waals surface area contributed by atoms with Crippen LogP contribution in [0.3, 0.4) is 0 Å². The summed E-state index contributed by atoms with van der Waals surface area (Å²) in [5.74, 6) is 0.796. The molecule has 2 nitrogen and oxygen atoms in total. The number of aliphatic imine (C=N–C) groups is 1. The third-order valence-electron chi connectivity index (χ3n) is 1.22. The molecular formula is C9H13NO. The minimum absolute atomic E-state index is 0.216. The number of hydrogen-bond donors (Lipinski definition) is 0. The molecule has 0 aromatic heterocycles. The molecular weight excluding hydrogens is 138 g/mol. The Bertz CT molecular complexity index is 202. The van der Waals surface area contributed by atoms with Crippen LogP contribution < -0.4 is 0 Å². The van der Waals surface area contributed by atoms with Crippen LogP contribution in [-0.2, 0) is 4.74 Å². The molecule has 0 unspecified atom stereocenters. The van der Waals surface area contributed by atoms with Crippen molar-refractivity contribution in [3.63, 3.8) is 0 Å². The summed E-state index contributed by atoms with van der Waals surface area (Å²) in [5.41, 5.74) is 0. The van der Waals surface area contributed by atoms with E-state index in [-0.39, 0.29) is 6.10 Å². The fourth-order valence-electron chi connectivity index (χ4n) is 0.827. The second kappa shape index (κ2) is 3.96. The summed E-state index contributed by atoms with van der Waals surface area (Å²) in [6.45, 7) is 4.00. The number of nitrogens with zero attached hydrogens (tertiary/aromatic N) is 1. The van der Waals surface area contributed by atoms with Gasteiger partial charge in [-0.2, -0.15) is 0 Å². The van der Waals surface area contributed by atoms with Crippen molar-refractivity contribution in [2.75, 3.05) is 0 Å². The summed E-state index contributed by atoms with van der Waals surface area (Å²) in [7, 11) is 0. The Labute approximate surface area is 67.3 Å².